The Labute approximate surface area is 219 Å². The third kappa shape index (κ3) is 6.54. The van der Waals surface area contributed by atoms with Gasteiger partial charge in [-0.3, -0.25) is 19.0 Å². The van der Waals surface area contributed by atoms with E-state index in [0.29, 0.717) is 17.0 Å². The third-order valence-electron chi connectivity index (χ3n) is 5.63. The zero-order valence-corrected chi connectivity index (χ0v) is 21.3. The van der Waals surface area contributed by atoms with Crippen LogP contribution < -0.4 is 20.5 Å². The number of ether oxygens (including phenoxy) is 3. The first-order valence-corrected chi connectivity index (χ1v) is 11.8. The molecule has 0 fully saturated rings. The molecular formula is C28H28N4O6. The number of hydrogen-bond donors (Lipinski definition) is 1. The summed E-state index contributed by atoms with van der Waals surface area (Å²) in [6.07, 6.45) is 1.26. The lowest BCUT2D eigenvalue weighted by Crippen LogP contribution is -2.25. The van der Waals surface area contributed by atoms with Crippen molar-refractivity contribution in [3.8, 4) is 11.5 Å². The van der Waals surface area contributed by atoms with Gasteiger partial charge in [0.2, 0.25) is 5.91 Å². The molecule has 0 atom stereocenters. The number of rotatable bonds is 10. The lowest BCUT2D eigenvalue weighted by atomic mass is 10.2. The van der Waals surface area contributed by atoms with Crippen molar-refractivity contribution in [3.63, 3.8) is 0 Å². The van der Waals surface area contributed by atoms with Gasteiger partial charge in [0.15, 0.2) is 5.75 Å². The van der Waals surface area contributed by atoms with Crippen molar-refractivity contribution in [2.75, 3.05) is 38.0 Å². The molecule has 0 radical (unpaired) electrons. The summed E-state index contributed by atoms with van der Waals surface area (Å²) in [4.78, 5) is 43.7. The highest BCUT2D eigenvalue weighted by Gasteiger charge is 2.16. The molecule has 0 bridgehead atoms. The second-order valence-electron chi connectivity index (χ2n) is 8.64. The molecule has 1 heterocycles. The lowest BCUT2D eigenvalue weighted by molar-refractivity contribution is -0.141. The molecule has 1 amide bonds. The van der Waals surface area contributed by atoms with E-state index in [-0.39, 0.29) is 30.9 Å². The van der Waals surface area contributed by atoms with Crippen LogP contribution in [0.5, 0.6) is 11.5 Å². The Morgan fingerprint density at radius 3 is 2.55 bits per heavy atom. The molecule has 0 aliphatic heterocycles. The van der Waals surface area contributed by atoms with Crippen LogP contribution in [0.4, 0.5) is 11.4 Å². The van der Waals surface area contributed by atoms with Crippen molar-refractivity contribution in [2.45, 2.75) is 13.2 Å². The maximum absolute atomic E-state index is 13.1. The van der Waals surface area contributed by atoms with Gasteiger partial charge in [0.1, 0.15) is 18.9 Å². The van der Waals surface area contributed by atoms with Gasteiger partial charge in [0, 0.05) is 25.8 Å². The number of esters is 1. The Morgan fingerprint density at radius 2 is 1.82 bits per heavy atom. The van der Waals surface area contributed by atoms with E-state index in [1.165, 1.54) is 19.5 Å². The molecule has 0 saturated heterocycles. The van der Waals surface area contributed by atoms with Crippen LogP contribution in [0.25, 0.3) is 10.9 Å². The molecule has 0 saturated carbocycles. The summed E-state index contributed by atoms with van der Waals surface area (Å²) in [6.45, 7) is -0.179. The van der Waals surface area contributed by atoms with E-state index >= 15 is 0 Å². The summed E-state index contributed by atoms with van der Waals surface area (Å²) in [5.74, 6) is -0.236. The normalized spacial score (nSPS) is 10.7. The third-order valence-corrected chi connectivity index (χ3v) is 5.63. The van der Waals surface area contributed by atoms with Gasteiger partial charge in [-0.2, -0.15) is 0 Å². The minimum atomic E-state index is -0.579. The quantitative estimate of drug-likeness (QED) is 0.319. The summed E-state index contributed by atoms with van der Waals surface area (Å²) >= 11 is 0. The molecule has 196 valence electrons. The van der Waals surface area contributed by atoms with Gasteiger partial charge < -0.3 is 24.4 Å². The number of benzene rings is 3. The van der Waals surface area contributed by atoms with E-state index in [0.717, 1.165) is 15.8 Å². The molecular weight excluding hydrogens is 488 g/mol. The first-order valence-electron chi connectivity index (χ1n) is 11.8. The SMILES string of the molecule is COC(=O)Cn1cnc2cc(NC(=O)COCc3ccccc3)c(Oc3cccc(N(C)C)c3)cc2c1=O. The highest BCUT2D eigenvalue weighted by molar-refractivity contribution is 5.96. The number of carbonyl (C=O) groups excluding carboxylic acids is 2. The Kier molecular flexibility index (Phi) is 8.34. The van der Waals surface area contributed by atoms with Crippen LogP contribution in [0.1, 0.15) is 5.56 Å². The van der Waals surface area contributed by atoms with Crippen LogP contribution in [0, 0.1) is 0 Å². The van der Waals surface area contributed by atoms with Crippen molar-refractivity contribution in [2.24, 2.45) is 0 Å². The smallest absolute Gasteiger partial charge is 0.325 e. The molecule has 0 aliphatic carbocycles. The van der Waals surface area contributed by atoms with Crippen molar-refractivity contribution in [1.29, 1.82) is 0 Å². The Bertz CT molecular complexity index is 1500. The topological polar surface area (TPSA) is 112 Å². The van der Waals surface area contributed by atoms with E-state index < -0.39 is 17.4 Å². The fraction of sp³-hybridized carbons (Fsp3) is 0.214. The van der Waals surface area contributed by atoms with E-state index in [1.807, 2.05) is 67.5 Å². The van der Waals surface area contributed by atoms with E-state index in [9.17, 15) is 14.4 Å². The molecule has 1 N–H and O–H groups in total. The number of hydrogen-bond acceptors (Lipinski definition) is 8. The van der Waals surface area contributed by atoms with Crippen LogP contribution in [0.3, 0.4) is 0 Å². The number of carbonyl (C=O) groups is 2. The van der Waals surface area contributed by atoms with Crippen LogP contribution in [0.2, 0.25) is 0 Å². The Morgan fingerprint density at radius 1 is 1.03 bits per heavy atom. The number of nitrogens with one attached hydrogen (secondary N) is 1. The average Bonchev–Trinajstić information content (AvgIpc) is 2.91. The summed E-state index contributed by atoms with van der Waals surface area (Å²) in [5, 5.41) is 3.02. The predicted molar refractivity (Wildman–Crippen MR) is 144 cm³/mol. The van der Waals surface area contributed by atoms with Crippen LogP contribution in [-0.4, -0.2) is 49.2 Å². The molecule has 4 rings (SSSR count). The van der Waals surface area contributed by atoms with Gasteiger partial charge in [-0.25, -0.2) is 4.98 Å². The predicted octanol–water partition coefficient (Wildman–Crippen LogP) is 3.58. The number of aromatic nitrogens is 2. The van der Waals surface area contributed by atoms with Crippen molar-refractivity contribution >= 4 is 34.2 Å². The number of methoxy groups -OCH3 is 1. The summed E-state index contributed by atoms with van der Waals surface area (Å²) in [5.41, 5.74) is 2.05. The van der Waals surface area contributed by atoms with E-state index in [4.69, 9.17) is 9.47 Å². The van der Waals surface area contributed by atoms with E-state index in [1.54, 1.807) is 12.1 Å². The molecule has 0 aliphatic rings. The fourth-order valence-corrected chi connectivity index (χ4v) is 3.66. The first-order chi connectivity index (χ1) is 18.3. The largest absolute Gasteiger partial charge is 0.468 e. The number of anilines is 2. The zero-order chi connectivity index (χ0) is 27.1. The monoisotopic (exact) mass is 516 g/mol. The van der Waals surface area contributed by atoms with Crippen molar-refractivity contribution < 1.29 is 23.8 Å². The van der Waals surface area contributed by atoms with Gasteiger partial charge in [0.25, 0.3) is 5.56 Å². The van der Waals surface area contributed by atoms with Gasteiger partial charge in [0.05, 0.1) is 36.6 Å². The molecule has 0 unspecified atom stereocenters. The number of fused-ring (bicyclic) bond motifs is 1. The minimum absolute atomic E-state index is 0.184. The van der Waals surface area contributed by atoms with Gasteiger partial charge in [-0.05, 0) is 29.8 Å². The van der Waals surface area contributed by atoms with Crippen LogP contribution in [-0.2, 0) is 32.2 Å². The standard InChI is InChI=1S/C28H28N4O6/c1-31(2)20-10-7-11-21(12-20)38-25-13-22-23(29-18-32(28(22)35)15-27(34)36-3)14-24(25)30-26(33)17-37-16-19-8-5-4-6-9-19/h4-14,18H,15-17H2,1-3H3,(H,30,33). The zero-order valence-electron chi connectivity index (χ0n) is 21.3. The van der Waals surface area contributed by atoms with Gasteiger partial charge >= 0.3 is 5.97 Å². The molecule has 10 heteroatoms. The van der Waals surface area contributed by atoms with Gasteiger partial charge in [-0.15, -0.1) is 0 Å². The maximum Gasteiger partial charge on any atom is 0.325 e. The molecule has 1 aromatic heterocycles. The van der Waals surface area contributed by atoms with Crippen molar-refractivity contribution in [1.82, 2.24) is 9.55 Å². The molecule has 38 heavy (non-hydrogen) atoms. The van der Waals surface area contributed by atoms with Crippen molar-refractivity contribution in [3.05, 3.63) is 89.0 Å². The highest BCUT2D eigenvalue weighted by Crippen LogP contribution is 2.33. The second kappa shape index (κ2) is 12.0. The second-order valence-corrected chi connectivity index (χ2v) is 8.64. The molecule has 10 nitrogen and oxygen atoms in total. The van der Waals surface area contributed by atoms with E-state index in [2.05, 4.69) is 15.0 Å². The first kappa shape index (κ1) is 26.4. The molecule has 4 aromatic rings. The summed E-state index contributed by atoms with van der Waals surface area (Å²) in [6, 6.07) is 19.9. The Balaban J connectivity index is 1.64. The molecule has 3 aromatic carbocycles. The lowest BCUT2D eigenvalue weighted by Gasteiger charge is -2.16. The maximum atomic E-state index is 13.1. The summed E-state index contributed by atoms with van der Waals surface area (Å²) in [7, 11) is 5.06. The Hall–Kier alpha value is -4.70. The number of amides is 1. The summed E-state index contributed by atoms with van der Waals surface area (Å²) < 4.78 is 17.5. The molecule has 0 spiro atoms. The average molecular weight is 517 g/mol. The van der Waals surface area contributed by atoms with Crippen LogP contribution >= 0.6 is 0 Å². The van der Waals surface area contributed by atoms with Gasteiger partial charge in [-0.1, -0.05) is 36.4 Å². The highest BCUT2D eigenvalue weighted by atomic mass is 16.5. The minimum Gasteiger partial charge on any atom is -0.468 e. The number of nitrogens with zero attached hydrogens (tertiary/aromatic N) is 3. The fourth-order valence-electron chi connectivity index (χ4n) is 3.66. The van der Waals surface area contributed by atoms with Crippen LogP contribution in [0.15, 0.2) is 77.9 Å².